The fourth-order valence-electron chi connectivity index (χ4n) is 6.38. The Morgan fingerprint density at radius 1 is 0.455 bits per heavy atom. The second-order valence-corrected chi connectivity index (χ2v) is 11.0. The van der Waals surface area contributed by atoms with Crippen molar-refractivity contribution in [2.75, 3.05) is 0 Å². The maximum absolute atomic E-state index is 6.81. The summed E-state index contributed by atoms with van der Waals surface area (Å²) < 4.78 is 2.10. The molecule has 1 heterocycles. The molecule has 0 saturated carbocycles. The van der Waals surface area contributed by atoms with Crippen molar-refractivity contribution in [1.82, 2.24) is 9.55 Å². The summed E-state index contributed by atoms with van der Waals surface area (Å²) in [6.45, 7) is 1.98. The molecule has 0 N–H and O–H groups in total. The number of aryl methyl sites for hydroxylation is 1. The first-order chi connectivity index (χ1) is 21.1. The molecule has 1 aromatic heterocycles. The molecule has 0 unspecified atom stereocenters. The van der Waals surface area contributed by atoms with Crippen LogP contribution in [-0.4, -0.2) is 72.3 Å². The summed E-state index contributed by atoms with van der Waals surface area (Å²) in [7, 11) is 53.0. The highest BCUT2D eigenvalue weighted by Gasteiger charge is 2.24. The summed E-state index contributed by atoms with van der Waals surface area (Å²) in [5.74, 6) is 0.864. The third kappa shape index (κ3) is 4.03. The van der Waals surface area contributed by atoms with E-state index in [1.807, 2.05) is 85.8 Å². The topological polar surface area (TPSA) is 17.8 Å². The molecule has 10 heteroatoms. The van der Waals surface area contributed by atoms with Crippen molar-refractivity contribution in [3.8, 4) is 27.9 Å². The molecule has 0 saturated heterocycles. The first-order valence-electron chi connectivity index (χ1n) is 14.0. The second-order valence-electron chi connectivity index (χ2n) is 11.0. The average molecular weight is 539 g/mol. The smallest absolute Gasteiger partial charge is 0.113 e. The molecule has 2 nitrogen and oxygen atoms in total. The van der Waals surface area contributed by atoms with Gasteiger partial charge in [-0.2, -0.15) is 0 Å². The fourth-order valence-corrected chi connectivity index (χ4v) is 6.38. The number of nitrogens with zero attached hydrogens (tertiary/aromatic N) is 2. The maximum atomic E-state index is 6.81. The Hall–Kier alpha value is -4.17. The predicted octanol–water partition coefficient (Wildman–Crippen LogP) is -0.675. The summed E-state index contributed by atoms with van der Waals surface area (Å²) in [5, 5.41) is 2.37. The lowest BCUT2D eigenvalue weighted by atomic mass is 9.59. The highest BCUT2D eigenvalue weighted by molar-refractivity contribution is 6.71. The molecule has 6 aromatic carbocycles. The number of para-hydroxylation sites is 2. The quantitative estimate of drug-likeness (QED) is 0.215. The summed E-state index contributed by atoms with van der Waals surface area (Å²) in [6.07, 6.45) is 0. The molecular formula is C34H16B8N2. The van der Waals surface area contributed by atoms with Crippen LogP contribution in [0.5, 0.6) is 0 Å². The Morgan fingerprint density at radius 2 is 0.864 bits per heavy atom. The fraction of sp³-hybridized carbons (Fsp3) is 0.0294. The molecule has 186 valence electrons. The molecule has 0 aliphatic carbocycles. The van der Waals surface area contributed by atoms with E-state index in [-0.39, 0.29) is 43.7 Å². The van der Waals surface area contributed by atoms with Crippen LogP contribution in [-0.2, 0) is 0 Å². The minimum Gasteiger partial charge on any atom is -0.297 e. The van der Waals surface area contributed by atoms with Gasteiger partial charge in [-0.15, -0.1) is 21.9 Å². The zero-order valence-electron chi connectivity index (χ0n) is 24.0. The number of hydrogen-bond acceptors (Lipinski definition) is 1. The Labute approximate surface area is 267 Å². The Kier molecular flexibility index (Phi) is 6.81. The van der Waals surface area contributed by atoms with Gasteiger partial charge in [0.25, 0.3) is 0 Å². The van der Waals surface area contributed by atoms with Gasteiger partial charge < -0.3 is 0 Å². The molecule has 0 spiro atoms. The molecule has 44 heavy (non-hydrogen) atoms. The lowest BCUT2D eigenvalue weighted by Gasteiger charge is -2.28. The number of aromatic nitrogens is 2. The van der Waals surface area contributed by atoms with Crippen LogP contribution in [0.1, 0.15) is 5.82 Å². The van der Waals surface area contributed by atoms with E-state index >= 15 is 0 Å². The Bertz CT molecular complexity index is 2230. The van der Waals surface area contributed by atoms with Gasteiger partial charge in [-0.05, 0) is 75.0 Å². The van der Waals surface area contributed by atoms with Crippen molar-refractivity contribution in [2.45, 2.75) is 6.92 Å². The predicted molar refractivity (Wildman–Crippen MR) is 195 cm³/mol. The summed E-state index contributed by atoms with van der Waals surface area (Å²) in [6, 6.07) is 25.7. The van der Waals surface area contributed by atoms with Crippen molar-refractivity contribution < 1.29 is 0 Å². The van der Waals surface area contributed by atoms with Gasteiger partial charge in [0.2, 0.25) is 0 Å². The zero-order chi connectivity index (χ0) is 31.0. The van der Waals surface area contributed by atoms with Gasteiger partial charge in [-0.25, -0.2) is 4.98 Å². The number of benzene rings is 6. The Balaban J connectivity index is 1.66. The number of hydrogen-bond donors (Lipinski definition) is 0. The van der Waals surface area contributed by atoms with Gasteiger partial charge in [0, 0.05) is 5.69 Å². The van der Waals surface area contributed by atoms with Crippen molar-refractivity contribution >= 4 is 139 Å². The standard InChI is InChI=1S/C34H16B8N2/c1-15-43-19-9-5-6-10-20(19)44(15)18-13-11-17(12-14-18)22-25-23(27(35)31(39)33(41)29(25)37)21(16-7-3-2-4-8-16)24-26(22)30(38)34(42)32(40)28(24)36/h2-14H,1H3. The summed E-state index contributed by atoms with van der Waals surface area (Å²) in [5.41, 5.74) is 7.64. The summed E-state index contributed by atoms with van der Waals surface area (Å²) >= 11 is 0. The molecule has 7 aromatic rings. The van der Waals surface area contributed by atoms with Crippen LogP contribution in [0, 0.1) is 6.92 Å². The van der Waals surface area contributed by atoms with Gasteiger partial charge >= 0.3 is 0 Å². The molecule has 0 fully saturated rings. The average Bonchev–Trinajstić information content (AvgIpc) is 3.39. The van der Waals surface area contributed by atoms with Gasteiger partial charge in [-0.1, -0.05) is 76.4 Å². The van der Waals surface area contributed by atoms with Crippen LogP contribution < -0.4 is 43.7 Å². The molecule has 16 radical (unpaired) electrons. The van der Waals surface area contributed by atoms with Crippen LogP contribution >= 0.6 is 0 Å². The van der Waals surface area contributed by atoms with Crippen LogP contribution in [0.4, 0.5) is 0 Å². The van der Waals surface area contributed by atoms with Crippen LogP contribution in [0.25, 0.3) is 60.5 Å². The van der Waals surface area contributed by atoms with Crippen molar-refractivity contribution in [3.63, 3.8) is 0 Å². The lowest BCUT2D eigenvalue weighted by Crippen LogP contribution is -2.50. The van der Waals surface area contributed by atoms with Crippen molar-refractivity contribution in [3.05, 3.63) is 84.7 Å². The van der Waals surface area contributed by atoms with Crippen molar-refractivity contribution in [2.24, 2.45) is 0 Å². The minimum absolute atomic E-state index is 0.182. The van der Waals surface area contributed by atoms with E-state index in [9.17, 15) is 0 Å². The van der Waals surface area contributed by atoms with E-state index in [0.717, 1.165) is 33.7 Å². The second kappa shape index (κ2) is 10.5. The van der Waals surface area contributed by atoms with Crippen molar-refractivity contribution in [1.29, 1.82) is 0 Å². The van der Waals surface area contributed by atoms with Crippen LogP contribution in [0.15, 0.2) is 78.9 Å². The van der Waals surface area contributed by atoms with Gasteiger partial charge in [0.1, 0.15) is 68.6 Å². The SMILES string of the molecule is [B]c1c([B])c([B])c2c(-c3ccc(-n4c(C)nc5ccccc54)cc3)c3c([B])c([B])c([B])c([B])c3c(-c3ccccc3)c2c1[B]. The first kappa shape index (κ1) is 28.6. The van der Waals surface area contributed by atoms with E-state index in [1.54, 1.807) is 0 Å². The van der Waals surface area contributed by atoms with Gasteiger partial charge in [-0.3, -0.25) is 4.57 Å². The molecule has 0 atom stereocenters. The molecule has 0 amide bonds. The van der Waals surface area contributed by atoms with Gasteiger partial charge in [0.05, 0.1) is 11.0 Å². The molecule has 0 bridgehead atoms. The number of fused-ring (bicyclic) bond motifs is 3. The highest BCUT2D eigenvalue weighted by Crippen LogP contribution is 2.40. The van der Waals surface area contributed by atoms with E-state index in [1.165, 1.54) is 0 Å². The third-order valence-electron chi connectivity index (χ3n) is 8.52. The molecule has 0 aliphatic rings. The normalized spacial score (nSPS) is 11.6. The molecule has 0 aliphatic heterocycles. The first-order valence-corrected chi connectivity index (χ1v) is 14.0. The van der Waals surface area contributed by atoms with Gasteiger partial charge in [0.15, 0.2) is 0 Å². The maximum Gasteiger partial charge on any atom is 0.113 e. The van der Waals surface area contributed by atoms with E-state index in [2.05, 4.69) is 4.57 Å². The number of imidazole rings is 1. The van der Waals surface area contributed by atoms with Crippen LogP contribution in [0.3, 0.4) is 0 Å². The monoisotopic (exact) mass is 540 g/mol. The third-order valence-corrected chi connectivity index (χ3v) is 8.52. The lowest BCUT2D eigenvalue weighted by molar-refractivity contribution is 1.00. The van der Waals surface area contributed by atoms with E-state index in [0.29, 0.717) is 32.7 Å². The zero-order valence-corrected chi connectivity index (χ0v) is 24.0. The summed E-state index contributed by atoms with van der Waals surface area (Å²) in [4.78, 5) is 4.72. The minimum atomic E-state index is 0.182. The number of rotatable bonds is 3. The highest BCUT2D eigenvalue weighted by atomic mass is 15.1. The van der Waals surface area contributed by atoms with E-state index < -0.39 is 0 Å². The largest absolute Gasteiger partial charge is 0.297 e. The Morgan fingerprint density at radius 3 is 1.34 bits per heavy atom. The molecular weight excluding hydrogens is 523 g/mol. The molecule has 7 rings (SSSR count). The van der Waals surface area contributed by atoms with E-state index in [4.69, 9.17) is 67.8 Å². The van der Waals surface area contributed by atoms with Crippen LogP contribution in [0.2, 0.25) is 0 Å².